The molecule has 1 unspecified atom stereocenters. The Bertz CT molecular complexity index is 860. The van der Waals surface area contributed by atoms with Gasteiger partial charge in [-0.05, 0) is 51.0 Å². The van der Waals surface area contributed by atoms with Crippen LogP contribution in [0.25, 0.3) is 0 Å². The normalized spacial score (nSPS) is 15.9. The number of carbonyl (C=O) groups excluding carboxylic acids is 1. The number of rotatable bonds is 8. The monoisotopic (exact) mass is 400 g/mol. The van der Waals surface area contributed by atoms with Crippen molar-refractivity contribution in [1.82, 2.24) is 4.98 Å². The SMILES string of the molecule is CC(C)Oc1cc(OCC2CCCO2)cc(C(=O)Nc2ccc(C(=O)O)cn2)c1. The largest absolute Gasteiger partial charge is 0.491 e. The first-order valence-corrected chi connectivity index (χ1v) is 9.47. The molecule has 2 heterocycles. The van der Waals surface area contributed by atoms with Crippen molar-refractivity contribution in [3.63, 3.8) is 0 Å². The lowest BCUT2D eigenvalue weighted by Gasteiger charge is -2.16. The number of aromatic nitrogens is 1. The Morgan fingerprint density at radius 3 is 2.66 bits per heavy atom. The Kier molecular flexibility index (Phi) is 6.66. The summed E-state index contributed by atoms with van der Waals surface area (Å²) in [5.74, 6) is -0.210. The maximum Gasteiger partial charge on any atom is 0.337 e. The number of nitrogens with zero attached hydrogens (tertiary/aromatic N) is 1. The number of pyridine rings is 1. The molecule has 0 spiro atoms. The average Bonchev–Trinajstić information content (AvgIpc) is 3.20. The molecule has 1 saturated heterocycles. The van der Waals surface area contributed by atoms with Crippen LogP contribution in [0.15, 0.2) is 36.5 Å². The molecule has 2 N–H and O–H groups in total. The summed E-state index contributed by atoms with van der Waals surface area (Å²) in [6.07, 6.45) is 3.15. The minimum absolute atomic E-state index is 0.0418. The van der Waals surface area contributed by atoms with E-state index in [0.29, 0.717) is 23.7 Å². The quantitative estimate of drug-likeness (QED) is 0.699. The standard InChI is InChI=1S/C21H24N2O6/c1-13(2)29-18-9-15(8-17(10-18)28-12-16-4-3-7-27-16)20(24)23-19-6-5-14(11-22-19)21(25)26/h5-6,8-11,13,16H,3-4,7,12H2,1-2H3,(H,25,26)(H,22,23,24). The van der Waals surface area contributed by atoms with Crippen molar-refractivity contribution >= 4 is 17.7 Å². The molecule has 3 rings (SSSR count). The van der Waals surface area contributed by atoms with Gasteiger partial charge in [0.1, 0.15) is 23.9 Å². The van der Waals surface area contributed by atoms with Crippen LogP contribution in [-0.2, 0) is 4.74 Å². The van der Waals surface area contributed by atoms with E-state index in [9.17, 15) is 9.59 Å². The average molecular weight is 400 g/mol. The second-order valence-corrected chi connectivity index (χ2v) is 7.00. The molecule has 29 heavy (non-hydrogen) atoms. The summed E-state index contributed by atoms with van der Waals surface area (Å²) >= 11 is 0. The van der Waals surface area contributed by atoms with E-state index in [0.717, 1.165) is 19.4 Å². The summed E-state index contributed by atoms with van der Waals surface area (Å²) < 4.78 is 17.1. The predicted octanol–water partition coefficient (Wildman–Crippen LogP) is 3.38. The molecule has 1 aliphatic heterocycles. The van der Waals surface area contributed by atoms with Gasteiger partial charge in [0.15, 0.2) is 0 Å². The Labute approximate surface area is 168 Å². The molecular formula is C21H24N2O6. The van der Waals surface area contributed by atoms with Crippen molar-refractivity contribution < 1.29 is 28.9 Å². The van der Waals surface area contributed by atoms with Gasteiger partial charge in [0.05, 0.1) is 17.8 Å². The van der Waals surface area contributed by atoms with E-state index in [1.807, 2.05) is 13.8 Å². The summed E-state index contributed by atoms with van der Waals surface area (Å²) in [7, 11) is 0. The smallest absolute Gasteiger partial charge is 0.337 e. The molecule has 0 aliphatic carbocycles. The maximum absolute atomic E-state index is 12.7. The van der Waals surface area contributed by atoms with Gasteiger partial charge in [-0.1, -0.05) is 0 Å². The number of nitrogens with one attached hydrogen (secondary N) is 1. The summed E-state index contributed by atoms with van der Waals surface area (Å²) in [5.41, 5.74) is 0.384. The van der Waals surface area contributed by atoms with Crippen LogP contribution in [0.1, 0.15) is 47.4 Å². The van der Waals surface area contributed by atoms with Crippen LogP contribution in [0.2, 0.25) is 0 Å². The summed E-state index contributed by atoms with van der Waals surface area (Å²) in [4.78, 5) is 27.5. The fourth-order valence-corrected chi connectivity index (χ4v) is 2.87. The van der Waals surface area contributed by atoms with Crippen molar-refractivity contribution in [2.75, 3.05) is 18.5 Å². The predicted molar refractivity (Wildman–Crippen MR) is 106 cm³/mol. The number of carboxylic acids is 1. The van der Waals surface area contributed by atoms with Gasteiger partial charge in [0.25, 0.3) is 5.91 Å². The Balaban J connectivity index is 1.74. The fraction of sp³-hybridized carbons (Fsp3) is 0.381. The molecule has 0 saturated carbocycles. The molecule has 2 aromatic rings. The van der Waals surface area contributed by atoms with Gasteiger partial charge >= 0.3 is 5.97 Å². The van der Waals surface area contributed by atoms with Crippen molar-refractivity contribution in [3.05, 3.63) is 47.7 Å². The topological polar surface area (TPSA) is 107 Å². The first kappa shape index (κ1) is 20.6. The molecule has 1 atom stereocenters. The summed E-state index contributed by atoms with van der Waals surface area (Å²) in [6.45, 7) is 4.94. The van der Waals surface area contributed by atoms with Crippen molar-refractivity contribution in [1.29, 1.82) is 0 Å². The number of carbonyl (C=O) groups is 2. The van der Waals surface area contributed by atoms with E-state index in [1.165, 1.54) is 18.3 Å². The van der Waals surface area contributed by atoms with E-state index < -0.39 is 11.9 Å². The van der Waals surface area contributed by atoms with Crippen LogP contribution in [0.5, 0.6) is 11.5 Å². The van der Waals surface area contributed by atoms with Crippen molar-refractivity contribution in [3.8, 4) is 11.5 Å². The zero-order valence-corrected chi connectivity index (χ0v) is 16.4. The molecule has 8 heteroatoms. The zero-order valence-electron chi connectivity index (χ0n) is 16.4. The molecule has 1 aromatic carbocycles. The van der Waals surface area contributed by atoms with Gasteiger partial charge in [-0.15, -0.1) is 0 Å². The Hall–Kier alpha value is -3.13. The fourth-order valence-electron chi connectivity index (χ4n) is 2.87. The van der Waals surface area contributed by atoms with Crippen molar-refractivity contribution in [2.45, 2.75) is 38.9 Å². The second kappa shape index (κ2) is 9.38. The van der Waals surface area contributed by atoms with Crippen LogP contribution in [-0.4, -0.2) is 47.4 Å². The van der Waals surface area contributed by atoms with Crippen LogP contribution < -0.4 is 14.8 Å². The van der Waals surface area contributed by atoms with E-state index >= 15 is 0 Å². The van der Waals surface area contributed by atoms with Gasteiger partial charge in [0.2, 0.25) is 0 Å². The highest BCUT2D eigenvalue weighted by molar-refractivity contribution is 6.04. The molecule has 1 aromatic heterocycles. The van der Waals surface area contributed by atoms with Crippen LogP contribution in [0, 0.1) is 0 Å². The number of ether oxygens (including phenoxy) is 3. The van der Waals surface area contributed by atoms with Gasteiger partial charge in [-0.25, -0.2) is 9.78 Å². The first-order chi connectivity index (χ1) is 13.9. The van der Waals surface area contributed by atoms with Crippen LogP contribution >= 0.6 is 0 Å². The zero-order chi connectivity index (χ0) is 20.8. The molecule has 1 aliphatic rings. The molecule has 0 radical (unpaired) electrons. The maximum atomic E-state index is 12.7. The van der Waals surface area contributed by atoms with Gasteiger partial charge < -0.3 is 24.6 Å². The molecule has 0 bridgehead atoms. The van der Waals surface area contributed by atoms with Crippen LogP contribution in [0.3, 0.4) is 0 Å². The molecule has 1 fully saturated rings. The lowest BCUT2D eigenvalue weighted by atomic mass is 10.1. The van der Waals surface area contributed by atoms with Crippen molar-refractivity contribution in [2.24, 2.45) is 0 Å². The highest BCUT2D eigenvalue weighted by atomic mass is 16.5. The third kappa shape index (κ3) is 5.92. The van der Waals surface area contributed by atoms with E-state index in [4.69, 9.17) is 19.3 Å². The molecule has 1 amide bonds. The van der Waals surface area contributed by atoms with Gasteiger partial charge in [-0.2, -0.15) is 0 Å². The van der Waals surface area contributed by atoms with E-state index in [1.54, 1.807) is 18.2 Å². The minimum atomic E-state index is -1.08. The van der Waals surface area contributed by atoms with E-state index in [-0.39, 0.29) is 23.6 Å². The number of hydrogen-bond acceptors (Lipinski definition) is 6. The Morgan fingerprint density at radius 1 is 1.24 bits per heavy atom. The number of hydrogen-bond donors (Lipinski definition) is 2. The number of anilines is 1. The van der Waals surface area contributed by atoms with Gasteiger partial charge in [-0.3, -0.25) is 4.79 Å². The highest BCUT2D eigenvalue weighted by Gasteiger charge is 2.17. The molecule has 8 nitrogen and oxygen atoms in total. The first-order valence-electron chi connectivity index (χ1n) is 9.47. The molecular weight excluding hydrogens is 376 g/mol. The minimum Gasteiger partial charge on any atom is -0.491 e. The van der Waals surface area contributed by atoms with Crippen LogP contribution in [0.4, 0.5) is 5.82 Å². The number of benzene rings is 1. The summed E-state index contributed by atoms with van der Waals surface area (Å²) in [6, 6.07) is 7.80. The summed E-state index contributed by atoms with van der Waals surface area (Å²) in [5, 5.41) is 11.6. The number of carboxylic acid groups (broad SMARTS) is 1. The van der Waals surface area contributed by atoms with E-state index in [2.05, 4.69) is 10.3 Å². The number of amides is 1. The lowest BCUT2D eigenvalue weighted by Crippen LogP contribution is -2.17. The van der Waals surface area contributed by atoms with Gasteiger partial charge in [0, 0.05) is 24.4 Å². The third-order valence-electron chi connectivity index (χ3n) is 4.23. The Morgan fingerprint density at radius 2 is 2.03 bits per heavy atom. The second-order valence-electron chi connectivity index (χ2n) is 7.00. The number of aromatic carboxylic acids is 1. The molecule has 154 valence electrons. The third-order valence-corrected chi connectivity index (χ3v) is 4.23. The highest BCUT2D eigenvalue weighted by Crippen LogP contribution is 2.25. The lowest BCUT2D eigenvalue weighted by molar-refractivity contribution is 0.0677.